The Morgan fingerprint density at radius 3 is 1.05 bits per heavy atom. The van der Waals surface area contributed by atoms with E-state index < -0.39 is 0 Å². The van der Waals surface area contributed by atoms with E-state index in [1.807, 2.05) is 54.6 Å². The lowest BCUT2D eigenvalue weighted by Crippen LogP contribution is -2.27. The van der Waals surface area contributed by atoms with Crippen LogP contribution >= 0.6 is 0 Å². The number of hydrogen-bond acceptors (Lipinski definition) is 8. The van der Waals surface area contributed by atoms with Crippen LogP contribution in [0.5, 0.6) is 0 Å². The van der Waals surface area contributed by atoms with E-state index in [1.54, 1.807) is 0 Å². The zero-order chi connectivity index (χ0) is 72.7. The van der Waals surface area contributed by atoms with E-state index in [9.17, 15) is 0 Å². The van der Waals surface area contributed by atoms with Crippen molar-refractivity contribution in [1.82, 2.24) is 29.9 Å². The Balaban J connectivity index is 0.000000140. The van der Waals surface area contributed by atoms with Crippen LogP contribution in [0.1, 0.15) is 86.5 Å². The van der Waals surface area contributed by atoms with Crippen molar-refractivity contribution in [1.29, 1.82) is 0 Å². The third-order valence-corrected chi connectivity index (χ3v) is 23.9. The van der Waals surface area contributed by atoms with Gasteiger partial charge in [-0.2, -0.15) is 0 Å². The first kappa shape index (κ1) is 65.0. The predicted molar refractivity (Wildman–Crippen MR) is 447 cm³/mol. The Bertz CT molecular complexity index is 6620. The molecule has 0 radical (unpaired) electrons. The van der Waals surface area contributed by atoms with Crippen molar-refractivity contribution in [2.24, 2.45) is 0 Å². The number of benzene rings is 14. The van der Waals surface area contributed by atoms with Gasteiger partial charge in [-0.25, -0.2) is 29.9 Å². The molecule has 0 amide bonds. The van der Waals surface area contributed by atoms with Crippen molar-refractivity contribution >= 4 is 43.9 Å². The number of fused-ring (bicyclic) bond motifs is 16. The summed E-state index contributed by atoms with van der Waals surface area (Å²) in [7, 11) is 0. The quantitative estimate of drug-likeness (QED) is 0.133. The van der Waals surface area contributed by atoms with Crippen LogP contribution in [0.25, 0.3) is 179 Å². The summed E-state index contributed by atoms with van der Waals surface area (Å²) in [5.41, 5.74) is 29.8. The third-order valence-electron chi connectivity index (χ3n) is 23.9. The Kier molecular flexibility index (Phi) is 15.9. The molecule has 4 aliphatic carbocycles. The summed E-state index contributed by atoms with van der Waals surface area (Å²) in [6.07, 6.45) is 12.7. The van der Waals surface area contributed by atoms with Crippen LogP contribution in [0.3, 0.4) is 0 Å². The van der Waals surface area contributed by atoms with E-state index in [0.29, 0.717) is 34.9 Å². The summed E-state index contributed by atoms with van der Waals surface area (Å²) in [5.74, 6) is 3.67. The zero-order valence-corrected chi connectivity index (χ0v) is 60.7. The lowest BCUT2D eigenvalue weighted by Gasteiger charge is -2.36. The minimum absolute atomic E-state index is 0.142. The van der Waals surface area contributed by atoms with Crippen molar-refractivity contribution in [2.75, 3.05) is 0 Å². The smallest absolute Gasteiger partial charge is 0.167 e. The van der Waals surface area contributed by atoms with Crippen molar-refractivity contribution < 1.29 is 8.83 Å². The molecular formula is C102H74N6O2. The average molecular weight is 1420 g/mol. The molecular weight excluding hydrogens is 1340 g/mol. The average Bonchev–Trinajstić information content (AvgIpc) is 1.57. The van der Waals surface area contributed by atoms with Crippen LogP contribution < -0.4 is 0 Å². The molecule has 8 nitrogen and oxygen atoms in total. The summed E-state index contributed by atoms with van der Waals surface area (Å²) < 4.78 is 12.8. The van der Waals surface area contributed by atoms with E-state index in [1.165, 1.54) is 125 Å². The van der Waals surface area contributed by atoms with E-state index in [-0.39, 0.29) is 10.8 Å². The summed E-state index contributed by atoms with van der Waals surface area (Å²) in [6, 6.07) is 116. The molecule has 524 valence electrons. The van der Waals surface area contributed by atoms with Gasteiger partial charge in [0.15, 0.2) is 34.9 Å². The second-order valence-electron chi connectivity index (χ2n) is 30.2. The third kappa shape index (κ3) is 11.3. The largest absolute Gasteiger partial charge is 0.456 e. The highest BCUT2D eigenvalue weighted by Crippen LogP contribution is 2.58. The van der Waals surface area contributed by atoms with Crippen molar-refractivity contribution in [3.8, 4) is 135 Å². The van der Waals surface area contributed by atoms with Crippen LogP contribution in [0.4, 0.5) is 0 Å². The van der Waals surface area contributed by atoms with Gasteiger partial charge in [-0.05, 0) is 175 Å². The van der Waals surface area contributed by atoms with Crippen LogP contribution in [0, 0.1) is 0 Å². The number of para-hydroxylation sites is 3. The van der Waals surface area contributed by atoms with Crippen molar-refractivity contribution in [3.05, 3.63) is 350 Å². The first-order valence-corrected chi connectivity index (χ1v) is 38.8. The standard InChI is InChI=1S/2C51H37N3O/c1-3-14-33(15-4-1)34-16-11-18-37(30-34)48-52-49(54-50(53-48)42-23-13-22-41-40-21-6-8-25-46(40)55-47(41)42)38-19-12-17-35(31-38)36-26-27-45-43(32-36)39-20-5-7-24-44(39)51(45)28-9-2-10-29-51;1-3-12-33(13-4-1)34-20-22-35(23-21-34)48-52-49(54-50(53-48)39-24-26-42-41-17-6-8-19-46(41)55-47(42)32-39)38-15-11-14-36(30-38)37-25-27-45-43(31-37)40-16-5-7-18-44(40)51(45)28-9-2-10-29-51/h2*1,3-8,11-27,30-32H,2,9-10,28-29H2. The molecule has 0 atom stereocenters. The Hall–Kier alpha value is -13.3. The van der Waals surface area contributed by atoms with Crippen LogP contribution in [0.2, 0.25) is 0 Å². The minimum Gasteiger partial charge on any atom is -0.456 e. The fraction of sp³-hybridized carbons (Fsp3) is 0.118. The molecule has 4 aromatic heterocycles. The molecule has 2 fully saturated rings. The summed E-state index contributed by atoms with van der Waals surface area (Å²) in [4.78, 5) is 30.9. The summed E-state index contributed by atoms with van der Waals surface area (Å²) in [6.45, 7) is 0. The molecule has 14 aromatic carbocycles. The topological polar surface area (TPSA) is 104 Å². The van der Waals surface area contributed by atoms with E-state index in [2.05, 4.69) is 273 Å². The molecule has 0 saturated heterocycles. The number of furan rings is 2. The summed E-state index contributed by atoms with van der Waals surface area (Å²) in [5, 5.41) is 4.28. The number of rotatable bonds is 10. The lowest BCUT2D eigenvalue weighted by atomic mass is 9.68. The first-order valence-electron chi connectivity index (χ1n) is 38.8. The Labute approximate surface area is 638 Å². The second-order valence-corrected chi connectivity index (χ2v) is 30.2. The molecule has 4 heterocycles. The Morgan fingerprint density at radius 2 is 0.518 bits per heavy atom. The molecule has 0 unspecified atom stereocenters. The van der Waals surface area contributed by atoms with Gasteiger partial charge in [0, 0.05) is 60.2 Å². The van der Waals surface area contributed by atoms with Gasteiger partial charge in [0.05, 0.1) is 5.56 Å². The van der Waals surface area contributed by atoms with Crippen LogP contribution in [-0.2, 0) is 10.8 Å². The van der Waals surface area contributed by atoms with Gasteiger partial charge < -0.3 is 8.83 Å². The molecule has 2 spiro atoms. The van der Waals surface area contributed by atoms with Gasteiger partial charge in [-0.3, -0.25) is 0 Å². The highest BCUT2D eigenvalue weighted by Gasteiger charge is 2.45. The highest BCUT2D eigenvalue weighted by atomic mass is 16.3. The number of hydrogen-bond donors (Lipinski definition) is 0. The molecule has 0 N–H and O–H groups in total. The maximum Gasteiger partial charge on any atom is 0.167 e. The van der Waals surface area contributed by atoms with Gasteiger partial charge in [0.2, 0.25) is 0 Å². The molecule has 8 heteroatoms. The minimum atomic E-state index is 0.142. The molecule has 110 heavy (non-hydrogen) atoms. The molecule has 22 rings (SSSR count). The maximum absolute atomic E-state index is 6.49. The monoisotopic (exact) mass is 1410 g/mol. The van der Waals surface area contributed by atoms with E-state index in [4.69, 9.17) is 38.7 Å². The van der Waals surface area contributed by atoms with Gasteiger partial charge in [0.1, 0.15) is 22.3 Å². The van der Waals surface area contributed by atoms with Gasteiger partial charge in [0.25, 0.3) is 0 Å². The number of aromatic nitrogens is 6. The molecule has 2 saturated carbocycles. The SMILES string of the molecule is c1ccc(-c2ccc(-c3nc(-c4cccc(-c5ccc6c(c5)-c5ccccc5C65CCCCC5)c4)nc(-c4ccc5c(c4)oc4ccccc45)n3)cc2)cc1.c1ccc(-c2cccc(-c3nc(-c4cccc(-c5ccc6c(c5)-c5ccccc5C65CCCCC5)c4)nc(-c4cccc5c4oc4ccccc45)n3)c2)cc1. The highest BCUT2D eigenvalue weighted by molar-refractivity contribution is 6.09. The number of nitrogens with zero attached hydrogens (tertiary/aromatic N) is 6. The molecule has 0 bridgehead atoms. The predicted octanol–water partition coefficient (Wildman–Crippen LogP) is 26.7. The first-order chi connectivity index (χ1) is 54.4. The van der Waals surface area contributed by atoms with E-state index in [0.717, 1.165) is 105 Å². The van der Waals surface area contributed by atoms with Gasteiger partial charge in [-0.15, -0.1) is 0 Å². The van der Waals surface area contributed by atoms with Crippen LogP contribution in [-0.4, -0.2) is 29.9 Å². The van der Waals surface area contributed by atoms with Gasteiger partial charge in [-0.1, -0.05) is 305 Å². The normalized spacial score (nSPS) is 14.3. The zero-order valence-electron chi connectivity index (χ0n) is 60.7. The van der Waals surface area contributed by atoms with Crippen molar-refractivity contribution in [3.63, 3.8) is 0 Å². The van der Waals surface area contributed by atoms with Crippen LogP contribution in [0.15, 0.2) is 336 Å². The fourth-order valence-corrected chi connectivity index (χ4v) is 18.6. The van der Waals surface area contributed by atoms with Gasteiger partial charge >= 0.3 is 0 Å². The van der Waals surface area contributed by atoms with E-state index >= 15 is 0 Å². The van der Waals surface area contributed by atoms with Crippen molar-refractivity contribution in [2.45, 2.75) is 75.0 Å². The molecule has 4 aliphatic rings. The Morgan fingerprint density at radius 1 is 0.191 bits per heavy atom. The maximum atomic E-state index is 6.49. The molecule has 0 aliphatic heterocycles. The summed E-state index contributed by atoms with van der Waals surface area (Å²) >= 11 is 0. The lowest BCUT2D eigenvalue weighted by molar-refractivity contribution is 0.353. The fourth-order valence-electron chi connectivity index (χ4n) is 18.6. The second kappa shape index (κ2) is 26.9. The molecule has 18 aromatic rings.